The number of nitrogens with one attached hydrogen (secondary N) is 1. The lowest BCUT2D eigenvalue weighted by Gasteiger charge is -2.17. The zero-order valence-corrected chi connectivity index (χ0v) is 12.9. The first kappa shape index (κ1) is 15.6. The predicted molar refractivity (Wildman–Crippen MR) is 79.3 cm³/mol. The van der Waals surface area contributed by atoms with E-state index in [4.69, 9.17) is 0 Å². The fourth-order valence-electron chi connectivity index (χ4n) is 2.65. The summed E-state index contributed by atoms with van der Waals surface area (Å²) in [5.74, 6) is -1.07. The summed E-state index contributed by atoms with van der Waals surface area (Å²) in [6.07, 6.45) is 1.35. The Bertz CT molecular complexity index is 614. The first-order chi connectivity index (χ1) is 9.90. The molecule has 5 heteroatoms. The van der Waals surface area contributed by atoms with Crippen LogP contribution in [-0.4, -0.2) is 22.9 Å². The number of hydrogen-bond donors (Lipinski definition) is 1. The summed E-state index contributed by atoms with van der Waals surface area (Å²) in [5.41, 5.74) is 3.97. The van der Waals surface area contributed by atoms with Crippen LogP contribution >= 0.6 is 0 Å². The minimum Gasteiger partial charge on any atom is -0.316 e. The van der Waals surface area contributed by atoms with Crippen LogP contribution in [0.2, 0.25) is 0 Å². The molecular weight excluding hydrogens is 272 g/mol. The van der Waals surface area contributed by atoms with Crippen molar-refractivity contribution in [2.24, 2.45) is 7.05 Å². The van der Waals surface area contributed by atoms with Gasteiger partial charge in [0, 0.05) is 24.8 Å². The highest BCUT2D eigenvalue weighted by Gasteiger charge is 2.16. The van der Waals surface area contributed by atoms with Gasteiger partial charge in [0.2, 0.25) is 0 Å². The van der Waals surface area contributed by atoms with E-state index in [1.54, 1.807) is 0 Å². The molecule has 2 rings (SSSR count). The van der Waals surface area contributed by atoms with Crippen molar-refractivity contribution in [3.8, 4) is 0 Å². The van der Waals surface area contributed by atoms with Crippen molar-refractivity contribution in [3.05, 3.63) is 52.3 Å². The molecule has 0 spiro atoms. The Morgan fingerprint density at radius 1 is 1.14 bits per heavy atom. The van der Waals surface area contributed by atoms with Gasteiger partial charge >= 0.3 is 0 Å². The maximum atomic E-state index is 13.3. The lowest BCUT2D eigenvalue weighted by atomic mass is 9.98. The van der Waals surface area contributed by atoms with Crippen molar-refractivity contribution in [2.45, 2.75) is 32.7 Å². The lowest BCUT2D eigenvalue weighted by Crippen LogP contribution is -2.30. The zero-order valence-electron chi connectivity index (χ0n) is 12.9. The molecule has 114 valence electrons. The minimum atomic E-state index is -0.534. The van der Waals surface area contributed by atoms with Crippen LogP contribution in [-0.2, 0) is 19.9 Å². The minimum absolute atomic E-state index is 0.104. The molecule has 1 heterocycles. The molecule has 1 aromatic carbocycles. The summed E-state index contributed by atoms with van der Waals surface area (Å²) in [6.45, 7) is 4.01. The van der Waals surface area contributed by atoms with E-state index in [1.165, 1.54) is 17.7 Å². The van der Waals surface area contributed by atoms with Crippen LogP contribution in [0.5, 0.6) is 0 Å². The number of aryl methyl sites for hydroxylation is 2. The quantitative estimate of drug-likeness (QED) is 0.918. The number of benzene rings is 1. The predicted octanol–water partition coefficient (Wildman–Crippen LogP) is 2.69. The van der Waals surface area contributed by atoms with E-state index in [-0.39, 0.29) is 6.04 Å². The Balaban J connectivity index is 2.16. The van der Waals surface area contributed by atoms with E-state index in [0.29, 0.717) is 12.0 Å². The molecule has 0 saturated heterocycles. The maximum Gasteiger partial charge on any atom is 0.126 e. The molecule has 1 N–H and O–H groups in total. The summed E-state index contributed by atoms with van der Waals surface area (Å²) in [4.78, 5) is 0. The number of nitrogens with zero attached hydrogens (tertiary/aromatic N) is 2. The smallest absolute Gasteiger partial charge is 0.126 e. The van der Waals surface area contributed by atoms with Gasteiger partial charge in [-0.05, 0) is 57.0 Å². The maximum absolute atomic E-state index is 13.3. The number of hydrogen-bond acceptors (Lipinski definition) is 2. The van der Waals surface area contributed by atoms with E-state index < -0.39 is 11.6 Å². The Hall–Kier alpha value is -1.75. The van der Waals surface area contributed by atoms with E-state index >= 15 is 0 Å². The second-order valence-corrected chi connectivity index (χ2v) is 5.44. The molecule has 0 radical (unpaired) electrons. The second-order valence-electron chi connectivity index (χ2n) is 5.44. The fraction of sp³-hybridized carbons (Fsp3) is 0.438. The van der Waals surface area contributed by atoms with Crippen molar-refractivity contribution in [3.63, 3.8) is 0 Å². The van der Waals surface area contributed by atoms with Crippen LogP contribution in [0, 0.1) is 25.5 Å². The highest BCUT2D eigenvalue weighted by atomic mass is 19.1. The van der Waals surface area contributed by atoms with Crippen LogP contribution in [0.4, 0.5) is 8.78 Å². The summed E-state index contributed by atoms with van der Waals surface area (Å²) < 4.78 is 28.4. The Labute approximate surface area is 124 Å². The third-order valence-corrected chi connectivity index (χ3v) is 3.92. The van der Waals surface area contributed by atoms with Gasteiger partial charge in [-0.3, -0.25) is 4.68 Å². The van der Waals surface area contributed by atoms with Gasteiger partial charge in [0.15, 0.2) is 0 Å². The summed E-state index contributed by atoms with van der Waals surface area (Å²) in [6, 6.07) is 3.77. The van der Waals surface area contributed by atoms with Crippen LogP contribution in [0.15, 0.2) is 18.2 Å². The lowest BCUT2D eigenvalue weighted by molar-refractivity contribution is 0.541. The summed E-state index contributed by atoms with van der Waals surface area (Å²) in [5, 5.41) is 7.62. The molecule has 1 aromatic heterocycles. The average molecular weight is 293 g/mol. The molecule has 0 amide bonds. The topological polar surface area (TPSA) is 29.9 Å². The van der Waals surface area contributed by atoms with Crippen LogP contribution < -0.4 is 5.32 Å². The van der Waals surface area contributed by atoms with Gasteiger partial charge in [-0.15, -0.1) is 0 Å². The molecule has 0 bridgehead atoms. The number of rotatable bonds is 5. The van der Waals surface area contributed by atoms with Crippen LogP contribution in [0.1, 0.15) is 22.5 Å². The van der Waals surface area contributed by atoms with Crippen molar-refractivity contribution < 1.29 is 8.78 Å². The fourth-order valence-corrected chi connectivity index (χ4v) is 2.65. The molecule has 0 fully saturated rings. The van der Waals surface area contributed by atoms with Gasteiger partial charge < -0.3 is 5.32 Å². The van der Waals surface area contributed by atoms with Crippen molar-refractivity contribution in [1.82, 2.24) is 15.1 Å². The molecule has 3 nitrogen and oxygen atoms in total. The number of likely N-dealkylation sites (N-methyl/N-ethyl adjacent to an activating group) is 1. The van der Waals surface area contributed by atoms with E-state index in [0.717, 1.165) is 23.9 Å². The Morgan fingerprint density at radius 2 is 1.76 bits per heavy atom. The van der Waals surface area contributed by atoms with E-state index in [1.807, 2.05) is 32.6 Å². The highest BCUT2D eigenvalue weighted by Crippen LogP contribution is 2.17. The monoisotopic (exact) mass is 293 g/mol. The Kier molecular flexibility index (Phi) is 4.73. The first-order valence-electron chi connectivity index (χ1n) is 7.02. The molecule has 21 heavy (non-hydrogen) atoms. The van der Waals surface area contributed by atoms with Gasteiger partial charge in [-0.25, -0.2) is 8.78 Å². The van der Waals surface area contributed by atoms with Crippen LogP contribution in [0.3, 0.4) is 0 Å². The zero-order chi connectivity index (χ0) is 15.6. The largest absolute Gasteiger partial charge is 0.316 e. The van der Waals surface area contributed by atoms with Gasteiger partial charge in [0.25, 0.3) is 0 Å². The molecule has 1 unspecified atom stereocenters. The molecule has 0 aliphatic rings. The Morgan fingerprint density at radius 3 is 2.24 bits per heavy atom. The molecular formula is C16H21F2N3. The highest BCUT2D eigenvalue weighted by molar-refractivity contribution is 5.26. The average Bonchev–Trinajstić information content (AvgIpc) is 2.63. The van der Waals surface area contributed by atoms with E-state index in [9.17, 15) is 8.78 Å². The van der Waals surface area contributed by atoms with Crippen molar-refractivity contribution >= 4 is 0 Å². The normalized spacial score (nSPS) is 12.7. The molecule has 0 aliphatic heterocycles. The standard InChI is InChI=1S/C16H21F2N3/c1-10-16(11(2)21(4)20-10)9-15(19-3)7-12-5-13(17)8-14(18)6-12/h5-6,8,15,19H,7,9H2,1-4H3. The first-order valence-corrected chi connectivity index (χ1v) is 7.02. The molecule has 2 aromatic rings. The van der Waals surface area contributed by atoms with Gasteiger partial charge in [0.05, 0.1) is 5.69 Å². The molecule has 1 atom stereocenters. The third kappa shape index (κ3) is 3.67. The van der Waals surface area contributed by atoms with Crippen molar-refractivity contribution in [1.29, 1.82) is 0 Å². The third-order valence-electron chi connectivity index (χ3n) is 3.92. The summed E-state index contributed by atoms with van der Waals surface area (Å²) >= 11 is 0. The van der Waals surface area contributed by atoms with E-state index in [2.05, 4.69) is 10.4 Å². The summed E-state index contributed by atoms with van der Waals surface area (Å²) in [7, 11) is 3.78. The second kappa shape index (κ2) is 6.35. The molecule has 0 aliphatic carbocycles. The van der Waals surface area contributed by atoms with Crippen LogP contribution in [0.25, 0.3) is 0 Å². The van der Waals surface area contributed by atoms with Crippen molar-refractivity contribution in [2.75, 3.05) is 7.05 Å². The number of halogens is 2. The van der Waals surface area contributed by atoms with Gasteiger partial charge in [-0.1, -0.05) is 0 Å². The van der Waals surface area contributed by atoms with Gasteiger partial charge in [-0.2, -0.15) is 5.10 Å². The number of aromatic nitrogens is 2. The SMILES string of the molecule is CNC(Cc1cc(F)cc(F)c1)Cc1c(C)nn(C)c1C. The molecule has 0 saturated carbocycles. The van der Waals surface area contributed by atoms with Gasteiger partial charge in [0.1, 0.15) is 11.6 Å².